The number of hydrogen-bond acceptors (Lipinski definition) is 6. The number of ether oxygens (including phenoxy) is 1. The summed E-state index contributed by atoms with van der Waals surface area (Å²) < 4.78 is 9.16. The van der Waals surface area contributed by atoms with E-state index in [1.54, 1.807) is 10.3 Å². The molecule has 0 aliphatic carbocycles. The first-order valence-corrected chi connectivity index (χ1v) is 9.76. The summed E-state index contributed by atoms with van der Waals surface area (Å²) >= 11 is 1.15. The van der Waals surface area contributed by atoms with Crippen molar-refractivity contribution in [1.29, 1.82) is 0 Å². The van der Waals surface area contributed by atoms with Crippen molar-refractivity contribution < 1.29 is 14.3 Å². The van der Waals surface area contributed by atoms with Gasteiger partial charge in [-0.25, -0.2) is 0 Å². The lowest BCUT2D eigenvalue weighted by Gasteiger charge is -2.40. The summed E-state index contributed by atoms with van der Waals surface area (Å²) in [6, 6.07) is 10.1. The van der Waals surface area contributed by atoms with E-state index in [0.29, 0.717) is 31.8 Å². The normalized spacial score (nSPS) is 20.0. The average molecular weight is 373 g/mol. The molecule has 0 bridgehead atoms. The van der Waals surface area contributed by atoms with Gasteiger partial charge >= 0.3 is 5.97 Å². The highest BCUT2D eigenvalue weighted by Crippen LogP contribution is 2.36. The van der Waals surface area contributed by atoms with Crippen LogP contribution in [0.15, 0.2) is 35.7 Å². The van der Waals surface area contributed by atoms with Gasteiger partial charge in [-0.3, -0.25) is 9.59 Å². The summed E-state index contributed by atoms with van der Waals surface area (Å²) in [5, 5.41) is 5.52. The number of piperidine rings is 1. The van der Waals surface area contributed by atoms with Crippen molar-refractivity contribution in [3.05, 3.63) is 47.0 Å². The summed E-state index contributed by atoms with van der Waals surface area (Å²) in [5.74, 6) is -0.364. The number of likely N-dealkylation sites (tertiary alicyclic amines) is 1. The van der Waals surface area contributed by atoms with E-state index in [-0.39, 0.29) is 11.9 Å². The first-order chi connectivity index (χ1) is 12.6. The highest BCUT2D eigenvalue weighted by Gasteiger charge is 2.44. The molecule has 0 radical (unpaired) electrons. The lowest BCUT2D eigenvalue weighted by atomic mass is 9.75. The molecular weight excluding hydrogens is 350 g/mol. The number of carbonyl (C=O) groups is 2. The number of aromatic nitrogens is 2. The fraction of sp³-hybridized carbons (Fsp3) is 0.474. The maximum Gasteiger partial charge on any atom is 0.313 e. The molecule has 1 saturated heterocycles. The fourth-order valence-corrected chi connectivity index (χ4v) is 3.94. The van der Waals surface area contributed by atoms with Gasteiger partial charge in [0, 0.05) is 18.5 Å². The predicted octanol–water partition coefficient (Wildman–Crippen LogP) is 2.96. The summed E-state index contributed by atoms with van der Waals surface area (Å²) in [6.45, 7) is 3.16. The van der Waals surface area contributed by atoms with Gasteiger partial charge in [0.1, 0.15) is 0 Å². The lowest BCUT2D eigenvalue weighted by molar-refractivity contribution is -0.159. The largest absolute Gasteiger partial charge is 0.466 e. The Bertz CT molecular complexity index is 736. The number of amides is 1. The summed E-state index contributed by atoms with van der Waals surface area (Å²) in [5.41, 5.74) is 0.865. The zero-order valence-electron chi connectivity index (χ0n) is 14.9. The third kappa shape index (κ3) is 4.09. The molecular formula is C19H23N3O3S. The number of nitrogens with zero attached hydrogens (tertiary/aromatic N) is 3. The first-order valence-electron chi connectivity index (χ1n) is 8.92. The first kappa shape index (κ1) is 18.5. The second kappa shape index (κ2) is 8.40. The Kier molecular flexibility index (Phi) is 5.98. The number of carbonyl (C=O) groups excluding carboxylic acids is 2. The molecule has 2 heterocycles. The molecule has 0 N–H and O–H groups in total. The monoisotopic (exact) mass is 373 g/mol. The van der Waals surface area contributed by atoms with Crippen LogP contribution >= 0.6 is 11.5 Å². The lowest BCUT2D eigenvalue weighted by Crippen LogP contribution is -2.50. The molecule has 138 valence electrons. The summed E-state index contributed by atoms with van der Waals surface area (Å²) in [6.07, 6.45) is 2.95. The van der Waals surface area contributed by atoms with Crippen LogP contribution in [0.3, 0.4) is 0 Å². The van der Waals surface area contributed by atoms with E-state index in [1.807, 2.05) is 25.1 Å². The molecule has 1 aromatic heterocycles. The van der Waals surface area contributed by atoms with E-state index >= 15 is 0 Å². The molecule has 1 amide bonds. The standard InChI is InChI=1S/C19H23N3O3S/c1-2-25-18(24)19(11-9-15-7-4-3-5-8-15)10-6-12-22(14-19)17(23)16-13-26-21-20-16/h3-5,7-8,13H,2,6,9-12,14H2,1H3. The molecule has 1 aliphatic heterocycles. The van der Waals surface area contributed by atoms with E-state index in [4.69, 9.17) is 4.74 Å². The van der Waals surface area contributed by atoms with Crippen LogP contribution in [-0.4, -0.2) is 46.1 Å². The van der Waals surface area contributed by atoms with Crippen molar-refractivity contribution in [1.82, 2.24) is 14.5 Å². The third-order valence-electron chi connectivity index (χ3n) is 4.89. The zero-order valence-corrected chi connectivity index (χ0v) is 15.7. The van der Waals surface area contributed by atoms with Gasteiger partial charge in [0.2, 0.25) is 0 Å². The van der Waals surface area contributed by atoms with E-state index in [0.717, 1.165) is 30.8 Å². The Morgan fingerprint density at radius 3 is 2.81 bits per heavy atom. The Morgan fingerprint density at radius 1 is 1.31 bits per heavy atom. The molecule has 7 heteroatoms. The Labute approximate surface area is 157 Å². The highest BCUT2D eigenvalue weighted by atomic mass is 32.1. The van der Waals surface area contributed by atoms with Gasteiger partial charge in [0.05, 0.1) is 12.0 Å². The van der Waals surface area contributed by atoms with Crippen LogP contribution < -0.4 is 0 Å². The number of esters is 1. The van der Waals surface area contributed by atoms with Crippen molar-refractivity contribution in [2.75, 3.05) is 19.7 Å². The molecule has 3 rings (SSSR count). The van der Waals surface area contributed by atoms with Crippen molar-refractivity contribution in [2.24, 2.45) is 5.41 Å². The molecule has 26 heavy (non-hydrogen) atoms. The van der Waals surface area contributed by atoms with Gasteiger partial charge < -0.3 is 9.64 Å². The minimum atomic E-state index is -0.663. The molecule has 0 saturated carbocycles. The van der Waals surface area contributed by atoms with E-state index in [2.05, 4.69) is 21.7 Å². The van der Waals surface area contributed by atoms with Gasteiger partial charge in [0.25, 0.3) is 5.91 Å². The van der Waals surface area contributed by atoms with Crippen molar-refractivity contribution in [2.45, 2.75) is 32.6 Å². The molecule has 1 unspecified atom stereocenters. The van der Waals surface area contributed by atoms with Gasteiger partial charge in [-0.05, 0) is 49.7 Å². The van der Waals surface area contributed by atoms with Crippen LogP contribution in [0.2, 0.25) is 0 Å². The van der Waals surface area contributed by atoms with Crippen molar-refractivity contribution in [3.63, 3.8) is 0 Å². The molecule has 1 aliphatic rings. The van der Waals surface area contributed by atoms with E-state index in [9.17, 15) is 9.59 Å². The van der Waals surface area contributed by atoms with Crippen LogP contribution in [0.1, 0.15) is 42.2 Å². The van der Waals surface area contributed by atoms with Crippen LogP contribution in [0, 0.1) is 5.41 Å². The van der Waals surface area contributed by atoms with Crippen LogP contribution in [0.25, 0.3) is 0 Å². The van der Waals surface area contributed by atoms with Crippen molar-refractivity contribution >= 4 is 23.4 Å². The highest BCUT2D eigenvalue weighted by molar-refractivity contribution is 7.03. The second-order valence-corrected chi connectivity index (χ2v) is 7.22. The molecule has 1 fully saturated rings. The quantitative estimate of drug-likeness (QED) is 0.728. The fourth-order valence-electron chi connectivity index (χ4n) is 3.51. The van der Waals surface area contributed by atoms with Gasteiger partial charge in [-0.1, -0.05) is 34.8 Å². The second-order valence-electron chi connectivity index (χ2n) is 6.61. The van der Waals surface area contributed by atoms with Gasteiger partial charge in [-0.2, -0.15) is 0 Å². The molecule has 1 aromatic carbocycles. The maximum absolute atomic E-state index is 12.8. The number of benzene rings is 1. The van der Waals surface area contributed by atoms with Crippen LogP contribution in [-0.2, 0) is 16.0 Å². The predicted molar refractivity (Wildman–Crippen MR) is 98.9 cm³/mol. The Balaban J connectivity index is 1.78. The molecule has 2 aromatic rings. The maximum atomic E-state index is 12.8. The number of rotatable bonds is 6. The van der Waals surface area contributed by atoms with Crippen LogP contribution in [0.4, 0.5) is 0 Å². The molecule has 1 atom stereocenters. The topological polar surface area (TPSA) is 72.4 Å². The minimum absolute atomic E-state index is 0.160. The number of hydrogen-bond donors (Lipinski definition) is 0. The third-order valence-corrected chi connectivity index (χ3v) is 5.39. The zero-order chi connectivity index (χ0) is 18.4. The van der Waals surface area contributed by atoms with Gasteiger partial charge in [0.15, 0.2) is 5.69 Å². The smallest absolute Gasteiger partial charge is 0.313 e. The molecule has 6 nitrogen and oxygen atoms in total. The van der Waals surface area contributed by atoms with Crippen molar-refractivity contribution in [3.8, 4) is 0 Å². The van der Waals surface area contributed by atoms with E-state index < -0.39 is 5.41 Å². The molecule has 0 spiro atoms. The Hall–Kier alpha value is -2.28. The number of aryl methyl sites for hydroxylation is 1. The Morgan fingerprint density at radius 2 is 2.12 bits per heavy atom. The summed E-state index contributed by atoms with van der Waals surface area (Å²) in [4.78, 5) is 27.2. The van der Waals surface area contributed by atoms with E-state index in [1.165, 1.54) is 5.56 Å². The minimum Gasteiger partial charge on any atom is -0.466 e. The van der Waals surface area contributed by atoms with Gasteiger partial charge in [-0.15, -0.1) is 5.10 Å². The summed E-state index contributed by atoms with van der Waals surface area (Å²) in [7, 11) is 0. The average Bonchev–Trinajstić information content (AvgIpc) is 3.22. The van der Waals surface area contributed by atoms with Crippen LogP contribution in [0.5, 0.6) is 0 Å². The SMILES string of the molecule is CCOC(=O)C1(CCc2ccccc2)CCCN(C(=O)c2csnn2)C1.